The summed E-state index contributed by atoms with van der Waals surface area (Å²) in [6.45, 7) is 17.7. The molecular formula is C34H51N3O5. The number of rotatable bonds is 3. The van der Waals surface area contributed by atoms with Gasteiger partial charge in [0.15, 0.2) is 0 Å². The van der Waals surface area contributed by atoms with E-state index < -0.39 is 11.4 Å². The number of nitrogens with zero attached hydrogens (tertiary/aromatic N) is 1. The van der Waals surface area contributed by atoms with Gasteiger partial charge >= 0.3 is 18.0 Å². The van der Waals surface area contributed by atoms with Crippen molar-refractivity contribution in [2.24, 2.45) is 55.2 Å². The van der Waals surface area contributed by atoms with Crippen LogP contribution in [-0.2, 0) is 19.1 Å². The Kier molecular flexibility index (Phi) is 7.10. The standard InChI is InChI=1S/C34H51N3O5/c1-20(38)42-26-13-14-32(6)23(29(26,2)3)12-15-34(8)24(32)11-10-21-22-18-30(4,27(39)41-9)19-25(36-37-28(35)40)31(22,5)16-17-33(21,34)7/h10-11,23-24,26H,12-19H2,1-9H3,(H3,35,37,40)/b36-25-/t23?,24?,26?,30-,31?,32-,33?,34+/m0/s1. The average molecular weight is 582 g/mol. The van der Waals surface area contributed by atoms with Gasteiger partial charge in [0.1, 0.15) is 6.10 Å². The molecule has 232 valence electrons. The van der Waals surface area contributed by atoms with Crippen LogP contribution in [0, 0.1) is 44.3 Å². The average Bonchev–Trinajstić information content (AvgIpc) is 2.89. The Morgan fingerprint density at radius 3 is 2.29 bits per heavy atom. The second kappa shape index (κ2) is 9.68. The summed E-state index contributed by atoms with van der Waals surface area (Å²) in [7, 11) is 1.44. The van der Waals surface area contributed by atoms with Crippen LogP contribution in [-0.4, -0.2) is 36.9 Å². The van der Waals surface area contributed by atoms with E-state index in [2.05, 4.69) is 64.2 Å². The summed E-state index contributed by atoms with van der Waals surface area (Å²) in [5, 5.41) is 4.51. The minimum atomic E-state index is -0.790. The van der Waals surface area contributed by atoms with Gasteiger partial charge in [0, 0.05) is 29.9 Å². The summed E-state index contributed by atoms with van der Waals surface area (Å²) < 4.78 is 11.2. The summed E-state index contributed by atoms with van der Waals surface area (Å²) in [5.74, 6) is 0.360. The van der Waals surface area contributed by atoms with Crippen molar-refractivity contribution in [2.75, 3.05) is 7.11 Å². The summed E-state index contributed by atoms with van der Waals surface area (Å²) in [6, 6.07) is -0.712. The second-order valence-electron chi connectivity index (χ2n) is 15.8. The van der Waals surface area contributed by atoms with Crippen LogP contribution in [0.5, 0.6) is 0 Å². The monoisotopic (exact) mass is 581 g/mol. The Morgan fingerprint density at radius 2 is 1.67 bits per heavy atom. The molecule has 5 aliphatic carbocycles. The highest BCUT2D eigenvalue weighted by molar-refractivity contribution is 5.99. The molecular weight excluding hydrogens is 530 g/mol. The van der Waals surface area contributed by atoms with Gasteiger partial charge in [-0.05, 0) is 85.5 Å². The molecule has 3 N–H and O–H groups in total. The Hall–Kier alpha value is -2.64. The number of hydrazone groups is 1. The lowest BCUT2D eigenvalue weighted by molar-refractivity contribution is -0.197. The van der Waals surface area contributed by atoms with E-state index in [0.717, 1.165) is 44.2 Å². The first-order valence-electron chi connectivity index (χ1n) is 15.7. The van der Waals surface area contributed by atoms with Gasteiger partial charge in [0.2, 0.25) is 0 Å². The number of carbonyl (C=O) groups excluding carboxylic acids is 3. The van der Waals surface area contributed by atoms with Gasteiger partial charge in [-0.2, -0.15) is 5.10 Å². The molecule has 8 atom stereocenters. The van der Waals surface area contributed by atoms with Crippen LogP contribution in [0.1, 0.15) is 107 Å². The van der Waals surface area contributed by atoms with E-state index in [1.54, 1.807) is 0 Å². The molecule has 2 amide bonds. The van der Waals surface area contributed by atoms with Gasteiger partial charge in [-0.1, -0.05) is 59.3 Å². The Balaban J connectivity index is 1.64. The number of nitrogens with one attached hydrogen (secondary N) is 1. The summed E-state index contributed by atoms with van der Waals surface area (Å²) >= 11 is 0. The molecule has 0 bridgehead atoms. The van der Waals surface area contributed by atoms with Crippen molar-refractivity contribution in [1.82, 2.24) is 5.43 Å². The van der Waals surface area contributed by atoms with Crippen LogP contribution in [0.4, 0.5) is 4.79 Å². The van der Waals surface area contributed by atoms with Crippen LogP contribution < -0.4 is 11.2 Å². The van der Waals surface area contributed by atoms with Crippen molar-refractivity contribution in [3.05, 3.63) is 23.3 Å². The highest BCUT2D eigenvalue weighted by atomic mass is 16.5. The lowest BCUT2D eigenvalue weighted by atomic mass is 9.35. The number of ether oxygens (including phenoxy) is 2. The number of hydrogen-bond donors (Lipinski definition) is 2. The van der Waals surface area contributed by atoms with E-state index in [-0.39, 0.29) is 45.1 Å². The quantitative estimate of drug-likeness (QED) is 0.293. The van der Waals surface area contributed by atoms with E-state index in [1.165, 1.54) is 25.2 Å². The zero-order chi connectivity index (χ0) is 31.1. The zero-order valence-corrected chi connectivity index (χ0v) is 27.1. The van der Waals surface area contributed by atoms with E-state index in [9.17, 15) is 14.4 Å². The number of carbonyl (C=O) groups is 3. The molecule has 5 unspecified atom stereocenters. The minimum absolute atomic E-state index is 0.0168. The maximum atomic E-state index is 13.2. The number of urea groups is 1. The third-order valence-corrected chi connectivity index (χ3v) is 13.3. The smallest absolute Gasteiger partial charge is 0.332 e. The van der Waals surface area contributed by atoms with E-state index in [4.69, 9.17) is 15.2 Å². The van der Waals surface area contributed by atoms with Gasteiger partial charge < -0.3 is 15.2 Å². The topological polar surface area (TPSA) is 120 Å². The van der Waals surface area contributed by atoms with E-state index in [0.29, 0.717) is 24.7 Å². The molecule has 3 saturated carbocycles. The van der Waals surface area contributed by atoms with Gasteiger partial charge in [-0.25, -0.2) is 10.2 Å². The number of hydrogen-bond acceptors (Lipinski definition) is 6. The Bertz CT molecular complexity index is 1300. The highest BCUT2D eigenvalue weighted by Crippen LogP contribution is 2.74. The molecule has 0 aromatic rings. The normalized spacial score (nSPS) is 44.7. The van der Waals surface area contributed by atoms with Crippen molar-refractivity contribution in [3.8, 4) is 0 Å². The highest BCUT2D eigenvalue weighted by Gasteiger charge is 2.67. The van der Waals surface area contributed by atoms with Crippen LogP contribution in [0.15, 0.2) is 28.4 Å². The minimum Gasteiger partial charge on any atom is -0.469 e. The number of amides is 2. The number of nitrogens with two attached hydrogens (primary N) is 1. The lowest BCUT2D eigenvalue weighted by Gasteiger charge is -2.69. The predicted octanol–water partition coefficient (Wildman–Crippen LogP) is 6.45. The number of primary amides is 1. The fraction of sp³-hybridized carbons (Fsp3) is 0.765. The first-order chi connectivity index (χ1) is 19.4. The van der Waals surface area contributed by atoms with Crippen molar-refractivity contribution in [2.45, 2.75) is 113 Å². The number of fused-ring (bicyclic) bond motifs is 6. The van der Waals surface area contributed by atoms with Crippen LogP contribution >= 0.6 is 0 Å². The fourth-order valence-electron chi connectivity index (χ4n) is 10.7. The molecule has 0 saturated heterocycles. The molecule has 8 nitrogen and oxygen atoms in total. The molecule has 0 heterocycles. The van der Waals surface area contributed by atoms with Crippen LogP contribution in [0.2, 0.25) is 0 Å². The number of allylic oxidation sites excluding steroid dienone is 4. The molecule has 0 aromatic heterocycles. The van der Waals surface area contributed by atoms with Gasteiger partial charge in [-0.15, -0.1) is 0 Å². The Labute approximate surface area is 251 Å². The van der Waals surface area contributed by atoms with Crippen molar-refractivity contribution >= 4 is 23.7 Å². The Morgan fingerprint density at radius 1 is 0.976 bits per heavy atom. The summed E-state index contributed by atoms with van der Waals surface area (Å²) in [4.78, 5) is 36.8. The van der Waals surface area contributed by atoms with Crippen molar-refractivity contribution in [3.63, 3.8) is 0 Å². The molecule has 0 aliphatic heterocycles. The molecule has 0 spiro atoms. The third-order valence-electron chi connectivity index (χ3n) is 13.3. The van der Waals surface area contributed by atoms with Gasteiger partial charge in [-0.3, -0.25) is 9.59 Å². The molecule has 5 rings (SSSR count). The van der Waals surface area contributed by atoms with E-state index in [1.807, 2.05) is 6.92 Å². The maximum absolute atomic E-state index is 13.2. The number of esters is 2. The maximum Gasteiger partial charge on any atom is 0.332 e. The summed E-state index contributed by atoms with van der Waals surface area (Å²) in [5.41, 5.74) is 9.94. The van der Waals surface area contributed by atoms with Gasteiger partial charge in [0.05, 0.1) is 12.5 Å². The van der Waals surface area contributed by atoms with E-state index >= 15 is 0 Å². The molecule has 42 heavy (non-hydrogen) atoms. The first kappa shape index (κ1) is 30.8. The lowest BCUT2D eigenvalue weighted by Crippen LogP contribution is -2.63. The molecule has 3 fully saturated rings. The van der Waals surface area contributed by atoms with Crippen molar-refractivity contribution < 1.29 is 23.9 Å². The number of methoxy groups -OCH3 is 1. The molecule has 0 radical (unpaired) electrons. The largest absolute Gasteiger partial charge is 0.469 e. The summed E-state index contributed by atoms with van der Waals surface area (Å²) in [6.07, 6.45) is 11.8. The first-order valence-corrected chi connectivity index (χ1v) is 15.7. The molecule has 8 heteroatoms. The molecule has 5 aliphatic rings. The van der Waals surface area contributed by atoms with Gasteiger partial charge in [0.25, 0.3) is 0 Å². The SMILES string of the molecule is COC(=O)[C@@]1(C)CC2=C3C=CC4[C@@]5(C)CCC(OC(C)=O)C(C)(C)C5CC[C@@]4(C)C3(C)CCC2(C)/C(=N\NC(N)=O)C1. The van der Waals surface area contributed by atoms with Crippen molar-refractivity contribution in [1.29, 1.82) is 0 Å². The predicted molar refractivity (Wildman–Crippen MR) is 162 cm³/mol. The molecule has 0 aromatic carbocycles. The second-order valence-corrected chi connectivity index (χ2v) is 15.8. The van der Waals surface area contributed by atoms with Crippen LogP contribution in [0.25, 0.3) is 0 Å². The third kappa shape index (κ3) is 4.13. The fourth-order valence-corrected chi connectivity index (χ4v) is 10.7. The van der Waals surface area contributed by atoms with Crippen LogP contribution in [0.3, 0.4) is 0 Å². The zero-order valence-electron chi connectivity index (χ0n) is 27.1.